The molecule has 3 heteroatoms. The lowest BCUT2D eigenvalue weighted by Crippen LogP contribution is -2.52. The van der Waals surface area contributed by atoms with E-state index in [2.05, 4.69) is 29.6 Å². The van der Waals surface area contributed by atoms with E-state index < -0.39 is 0 Å². The molecule has 1 aliphatic rings. The summed E-state index contributed by atoms with van der Waals surface area (Å²) in [4.78, 5) is 13.3. The van der Waals surface area contributed by atoms with Crippen LogP contribution in [0.25, 0.3) is 0 Å². The number of carbonyl (C=O) groups is 1. The van der Waals surface area contributed by atoms with Gasteiger partial charge < -0.3 is 10.2 Å². The molecule has 0 spiro atoms. The number of amides is 1. The fourth-order valence-electron chi connectivity index (χ4n) is 2.29. The Labute approximate surface area is 103 Å². The van der Waals surface area contributed by atoms with Crippen molar-refractivity contribution in [3.8, 4) is 0 Å². The van der Waals surface area contributed by atoms with Gasteiger partial charge in [0.25, 0.3) is 0 Å². The summed E-state index contributed by atoms with van der Waals surface area (Å²) in [5.74, 6) is 0.191. The van der Waals surface area contributed by atoms with Crippen LogP contribution in [0.4, 0.5) is 0 Å². The van der Waals surface area contributed by atoms with Gasteiger partial charge in [-0.15, -0.1) is 0 Å². The SMILES string of the molecule is CC(=O)N1CCNC(CCc2ccccc2)C1. The summed E-state index contributed by atoms with van der Waals surface area (Å²) in [6.07, 6.45) is 2.16. The number of nitrogens with one attached hydrogen (secondary N) is 1. The topological polar surface area (TPSA) is 32.3 Å². The highest BCUT2D eigenvalue weighted by Crippen LogP contribution is 2.08. The molecule has 3 nitrogen and oxygen atoms in total. The second kappa shape index (κ2) is 5.82. The maximum absolute atomic E-state index is 11.3. The summed E-state index contributed by atoms with van der Waals surface area (Å²) in [5.41, 5.74) is 1.37. The smallest absolute Gasteiger partial charge is 0.219 e. The molecule has 1 fully saturated rings. The van der Waals surface area contributed by atoms with Gasteiger partial charge in [0.05, 0.1) is 0 Å². The molecule has 1 heterocycles. The van der Waals surface area contributed by atoms with E-state index in [0.29, 0.717) is 6.04 Å². The van der Waals surface area contributed by atoms with Crippen molar-refractivity contribution in [3.63, 3.8) is 0 Å². The van der Waals surface area contributed by atoms with Crippen LogP contribution < -0.4 is 5.32 Å². The van der Waals surface area contributed by atoms with Crippen molar-refractivity contribution in [2.75, 3.05) is 19.6 Å². The minimum absolute atomic E-state index is 0.191. The molecule has 0 aliphatic carbocycles. The lowest BCUT2D eigenvalue weighted by atomic mass is 10.0. The lowest BCUT2D eigenvalue weighted by Gasteiger charge is -2.33. The van der Waals surface area contributed by atoms with Gasteiger partial charge in [0.2, 0.25) is 5.91 Å². The van der Waals surface area contributed by atoms with Crippen molar-refractivity contribution in [3.05, 3.63) is 35.9 Å². The molecule has 1 amide bonds. The van der Waals surface area contributed by atoms with E-state index in [0.717, 1.165) is 32.5 Å². The van der Waals surface area contributed by atoms with Crippen LogP contribution in [0.15, 0.2) is 30.3 Å². The molecule has 2 rings (SSSR count). The third-order valence-electron chi connectivity index (χ3n) is 3.33. The number of hydrogen-bond acceptors (Lipinski definition) is 2. The van der Waals surface area contributed by atoms with Gasteiger partial charge in [-0.2, -0.15) is 0 Å². The third kappa shape index (κ3) is 3.56. The van der Waals surface area contributed by atoms with Gasteiger partial charge in [0.15, 0.2) is 0 Å². The molecule has 92 valence electrons. The number of piperazine rings is 1. The zero-order valence-corrected chi connectivity index (χ0v) is 10.4. The summed E-state index contributed by atoms with van der Waals surface area (Å²) < 4.78 is 0. The van der Waals surface area contributed by atoms with E-state index in [1.165, 1.54) is 5.56 Å². The lowest BCUT2D eigenvalue weighted by molar-refractivity contribution is -0.130. The Bertz CT molecular complexity index is 364. The fourth-order valence-corrected chi connectivity index (χ4v) is 2.29. The fraction of sp³-hybridized carbons (Fsp3) is 0.500. The van der Waals surface area contributed by atoms with Crippen molar-refractivity contribution in [2.45, 2.75) is 25.8 Å². The summed E-state index contributed by atoms with van der Waals surface area (Å²) in [7, 11) is 0. The first kappa shape index (κ1) is 12.1. The Morgan fingerprint density at radius 2 is 2.18 bits per heavy atom. The monoisotopic (exact) mass is 232 g/mol. The number of aryl methyl sites for hydroxylation is 1. The van der Waals surface area contributed by atoms with Crippen LogP contribution in [0.3, 0.4) is 0 Å². The molecule has 1 aromatic carbocycles. The second-order valence-electron chi connectivity index (χ2n) is 4.64. The highest BCUT2D eigenvalue weighted by Gasteiger charge is 2.20. The van der Waals surface area contributed by atoms with Crippen LogP contribution in [0.1, 0.15) is 18.9 Å². The molecule has 1 atom stereocenters. The third-order valence-corrected chi connectivity index (χ3v) is 3.33. The Morgan fingerprint density at radius 1 is 1.41 bits per heavy atom. The highest BCUT2D eigenvalue weighted by molar-refractivity contribution is 5.73. The Balaban J connectivity index is 1.81. The summed E-state index contributed by atoms with van der Waals surface area (Å²) in [5, 5.41) is 3.48. The summed E-state index contributed by atoms with van der Waals surface area (Å²) in [6.45, 7) is 4.26. The molecule has 1 unspecified atom stereocenters. The van der Waals surface area contributed by atoms with E-state index in [1.807, 2.05) is 11.0 Å². The molecular weight excluding hydrogens is 212 g/mol. The minimum Gasteiger partial charge on any atom is -0.340 e. The standard InChI is InChI=1S/C14H20N2O/c1-12(17)16-10-9-15-14(11-16)8-7-13-5-3-2-4-6-13/h2-6,14-15H,7-11H2,1H3. The van der Waals surface area contributed by atoms with Gasteiger partial charge in [-0.25, -0.2) is 0 Å². The van der Waals surface area contributed by atoms with E-state index >= 15 is 0 Å². The average molecular weight is 232 g/mol. The highest BCUT2D eigenvalue weighted by atomic mass is 16.2. The van der Waals surface area contributed by atoms with E-state index in [9.17, 15) is 4.79 Å². The summed E-state index contributed by atoms with van der Waals surface area (Å²) >= 11 is 0. The predicted octanol–water partition coefficient (Wildman–Crippen LogP) is 1.44. The van der Waals surface area contributed by atoms with Crippen molar-refractivity contribution in [1.82, 2.24) is 10.2 Å². The minimum atomic E-state index is 0.191. The molecule has 17 heavy (non-hydrogen) atoms. The van der Waals surface area contributed by atoms with Gasteiger partial charge in [-0.3, -0.25) is 4.79 Å². The Morgan fingerprint density at radius 3 is 2.88 bits per heavy atom. The first-order valence-electron chi connectivity index (χ1n) is 6.28. The van der Waals surface area contributed by atoms with Crippen LogP contribution in [0, 0.1) is 0 Å². The van der Waals surface area contributed by atoms with Gasteiger partial charge in [0.1, 0.15) is 0 Å². The quantitative estimate of drug-likeness (QED) is 0.855. The Kier molecular flexibility index (Phi) is 4.15. The van der Waals surface area contributed by atoms with Crippen LogP contribution in [-0.4, -0.2) is 36.5 Å². The molecule has 1 aliphatic heterocycles. The maximum atomic E-state index is 11.3. The zero-order valence-electron chi connectivity index (χ0n) is 10.4. The number of hydrogen-bond donors (Lipinski definition) is 1. The first-order valence-corrected chi connectivity index (χ1v) is 6.28. The molecule has 1 N–H and O–H groups in total. The van der Waals surface area contributed by atoms with Crippen molar-refractivity contribution < 1.29 is 4.79 Å². The molecule has 1 aromatic rings. The second-order valence-corrected chi connectivity index (χ2v) is 4.64. The number of carbonyl (C=O) groups excluding carboxylic acids is 1. The van der Waals surface area contributed by atoms with Crippen molar-refractivity contribution in [1.29, 1.82) is 0 Å². The number of nitrogens with zero attached hydrogens (tertiary/aromatic N) is 1. The first-order chi connectivity index (χ1) is 8.25. The van der Waals surface area contributed by atoms with Gasteiger partial charge in [-0.1, -0.05) is 30.3 Å². The molecule has 0 aromatic heterocycles. The van der Waals surface area contributed by atoms with Crippen LogP contribution >= 0.6 is 0 Å². The summed E-state index contributed by atoms with van der Waals surface area (Å²) in [6, 6.07) is 10.9. The van der Waals surface area contributed by atoms with Crippen molar-refractivity contribution in [2.24, 2.45) is 0 Å². The Hall–Kier alpha value is -1.35. The molecule has 0 bridgehead atoms. The number of rotatable bonds is 3. The van der Waals surface area contributed by atoms with E-state index in [4.69, 9.17) is 0 Å². The molecular formula is C14H20N2O. The van der Waals surface area contributed by atoms with E-state index in [1.54, 1.807) is 6.92 Å². The predicted molar refractivity (Wildman–Crippen MR) is 68.8 cm³/mol. The normalized spacial score (nSPS) is 20.3. The number of benzene rings is 1. The van der Waals surface area contributed by atoms with Crippen LogP contribution in [0.2, 0.25) is 0 Å². The molecule has 1 saturated heterocycles. The van der Waals surface area contributed by atoms with E-state index in [-0.39, 0.29) is 5.91 Å². The molecule has 0 radical (unpaired) electrons. The van der Waals surface area contributed by atoms with Gasteiger partial charge in [-0.05, 0) is 18.4 Å². The maximum Gasteiger partial charge on any atom is 0.219 e. The van der Waals surface area contributed by atoms with Gasteiger partial charge in [0, 0.05) is 32.6 Å². The van der Waals surface area contributed by atoms with Crippen LogP contribution in [0.5, 0.6) is 0 Å². The average Bonchev–Trinajstić information content (AvgIpc) is 2.38. The largest absolute Gasteiger partial charge is 0.340 e. The van der Waals surface area contributed by atoms with Crippen molar-refractivity contribution >= 4 is 5.91 Å². The zero-order chi connectivity index (χ0) is 12.1. The van der Waals surface area contributed by atoms with Crippen LogP contribution in [-0.2, 0) is 11.2 Å². The molecule has 0 saturated carbocycles. The van der Waals surface area contributed by atoms with Gasteiger partial charge >= 0.3 is 0 Å².